The minimum atomic E-state index is 0.489. The fraction of sp³-hybridized carbons (Fsp3) is 0.267. The van der Waals surface area contributed by atoms with Crippen molar-refractivity contribution in [3.63, 3.8) is 0 Å². The van der Waals surface area contributed by atoms with Crippen molar-refractivity contribution in [2.75, 3.05) is 0 Å². The molecule has 0 atom stereocenters. The lowest BCUT2D eigenvalue weighted by Crippen LogP contribution is -1.95. The number of hydrogen-bond acceptors (Lipinski definition) is 3. The van der Waals surface area contributed by atoms with Gasteiger partial charge in [-0.3, -0.25) is 4.40 Å². The Morgan fingerprint density at radius 3 is 2.74 bits per heavy atom. The minimum absolute atomic E-state index is 0.489. The molecule has 2 heterocycles. The molecular formula is C15H17N3S. The lowest BCUT2D eigenvalue weighted by atomic mass is 10.1. The van der Waals surface area contributed by atoms with Crippen LogP contribution in [0.5, 0.6) is 0 Å². The van der Waals surface area contributed by atoms with Crippen molar-refractivity contribution in [3.05, 3.63) is 47.1 Å². The van der Waals surface area contributed by atoms with Crippen LogP contribution in [0.4, 0.5) is 0 Å². The number of aryl methyl sites for hydroxylation is 1. The molecule has 4 heteroatoms. The molecule has 3 nitrogen and oxygen atoms in total. The Hall–Kier alpha value is -1.65. The summed E-state index contributed by atoms with van der Waals surface area (Å²) >= 11 is 1.66. The maximum absolute atomic E-state index is 5.64. The molecular weight excluding hydrogens is 254 g/mol. The van der Waals surface area contributed by atoms with E-state index in [2.05, 4.69) is 46.0 Å². The van der Waals surface area contributed by atoms with Crippen LogP contribution >= 0.6 is 11.3 Å². The van der Waals surface area contributed by atoms with Gasteiger partial charge in [-0.05, 0) is 17.5 Å². The third-order valence-electron chi connectivity index (χ3n) is 3.26. The highest BCUT2D eigenvalue weighted by atomic mass is 32.1. The number of aromatic nitrogens is 2. The fourth-order valence-electron chi connectivity index (χ4n) is 2.27. The summed E-state index contributed by atoms with van der Waals surface area (Å²) in [5.74, 6) is 0. The highest BCUT2D eigenvalue weighted by Crippen LogP contribution is 2.26. The molecule has 0 bridgehead atoms. The maximum atomic E-state index is 5.64. The average molecular weight is 271 g/mol. The number of nitrogens with two attached hydrogens (primary N) is 1. The van der Waals surface area contributed by atoms with Gasteiger partial charge in [-0.2, -0.15) is 0 Å². The molecule has 0 spiro atoms. The monoisotopic (exact) mass is 271 g/mol. The topological polar surface area (TPSA) is 43.3 Å². The first-order valence-corrected chi connectivity index (χ1v) is 7.44. The van der Waals surface area contributed by atoms with E-state index in [0.29, 0.717) is 6.54 Å². The molecule has 2 N–H and O–H groups in total. The van der Waals surface area contributed by atoms with Crippen LogP contribution in [-0.4, -0.2) is 9.38 Å². The molecule has 0 aliphatic heterocycles. The molecule has 0 unspecified atom stereocenters. The van der Waals surface area contributed by atoms with Crippen molar-refractivity contribution in [1.82, 2.24) is 9.38 Å². The molecule has 19 heavy (non-hydrogen) atoms. The van der Waals surface area contributed by atoms with Gasteiger partial charge in [0.2, 0.25) is 0 Å². The van der Waals surface area contributed by atoms with E-state index in [9.17, 15) is 0 Å². The Morgan fingerprint density at radius 1 is 1.26 bits per heavy atom. The summed E-state index contributed by atoms with van der Waals surface area (Å²) in [5, 5.41) is 2.15. The summed E-state index contributed by atoms with van der Waals surface area (Å²) in [4.78, 5) is 5.49. The van der Waals surface area contributed by atoms with Gasteiger partial charge >= 0.3 is 0 Å². The van der Waals surface area contributed by atoms with Crippen LogP contribution in [0, 0.1) is 0 Å². The first-order valence-electron chi connectivity index (χ1n) is 6.56. The van der Waals surface area contributed by atoms with E-state index in [4.69, 9.17) is 5.73 Å². The van der Waals surface area contributed by atoms with Gasteiger partial charge in [0.25, 0.3) is 0 Å². The van der Waals surface area contributed by atoms with Gasteiger partial charge in [-0.1, -0.05) is 37.6 Å². The first kappa shape index (κ1) is 12.4. The van der Waals surface area contributed by atoms with Gasteiger partial charge in [0.1, 0.15) is 0 Å². The smallest absolute Gasteiger partial charge is 0.194 e. The maximum Gasteiger partial charge on any atom is 0.194 e. The van der Waals surface area contributed by atoms with Crippen LogP contribution in [0.1, 0.15) is 24.6 Å². The Kier molecular flexibility index (Phi) is 3.36. The molecule has 0 fully saturated rings. The molecule has 3 rings (SSSR count). The molecule has 3 aromatic rings. The van der Waals surface area contributed by atoms with E-state index in [0.717, 1.165) is 17.1 Å². The largest absolute Gasteiger partial charge is 0.325 e. The van der Waals surface area contributed by atoms with Gasteiger partial charge in [-0.15, -0.1) is 11.3 Å². The number of imidazole rings is 1. The second-order valence-corrected chi connectivity index (χ2v) is 5.49. The third kappa shape index (κ3) is 2.29. The quantitative estimate of drug-likeness (QED) is 0.789. The van der Waals surface area contributed by atoms with Crippen LogP contribution in [0.25, 0.3) is 16.2 Å². The molecule has 0 aliphatic rings. The summed E-state index contributed by atoms with van der Waals surface area (Å²) in [7, 11) is 0. The summed E-state index contributed by atoms with van der Waals surface area (Å²) in [6.45, 7) is 2.69. The highest BCUT2D eigenvalue weighted by Gasteiger charge is 2.08. The van der Waals surface area contributed by atoms with Crippen LogP contribution in [-0.2, 0) is 13.0 Å². The predicted octanol–water partition coefficient (Wildman–Crippen LogP) is 3.47. The standard InChI is InChI=1S/C15H17N3S/c1-2-3-11-4-6-12(7-5-11)14-10-19-15-17-13(8-16)9-18(14)15/h4-7,9-10H,2-3,8,16H2,1H3. The second-order valence-electron chi connectivity index (χ2n) is 4.66. The van der Waals surface area contributed by atoms with E-state index in [1.165, 1.54) is 23.2 Å². The molecule has 0 saturated carbocycles. The number of nitrogens with zero attached hydrogens (tertiary/aromatic N) is 2. The van der Waals surface area contributed by atoms with E-state index >= 15 is 0 Å². The van der Waals surface area contributed by atoms with Crippen LogP contribution in [0.2, 0.25) is 0 Å². The minimum Gasteiger partial charge on any atom is -0.325 e. The molecule has 2 aromatic heterocycles. The SMILES string of the molecule is CCCc1ccc(-c2csc3nc(CN)cn23)cc1. The number of rotatable bonds is 4. The lowest BCUT2D eigenvalue weighted by molar-refractivity contribution is 0.922. The number of fused-ring (bicyclic) bond motifs is 1. The normalized spacial score (nSPS) is 11.3. The first-order chi connectivity index (χ1) is 9.31. The lowest BCUT2D eigenvalue weighted by Gasteiger charge is -2.02. The van der Waals surface area contributed by atoms with Gasteiger partial charge in [0.15, 0.2) is 4.96 Å². The Bertz CT molecular complexity index is 679. The zero-order valence-corrected chi connectivity index (χ0v) is 11.8. The highest BCUT2D eigenvalue weighted by molar-refractivity contribution is 7.15. The zero-order valence-electron chi connectivity index (χ0n) is 11.0. The molecule has 98 valence electrons. The van der Waals surface area contributed by atoms with Gasteiger partial charge in [-0.25, -0.2) is 4.98 Å². The Balaban J connectivity index is 2.00. The Morgan fingerprint density at radius 2 is 2.05 bits per heavy atom. The van der Waals surface area contributed by atoms with Crippen molar-refractivity contribution in [2.45, 2.75) is 26.3 Å². The van der Waals surface area contributed by atoms with Crippen molar-refractivity contribution >= 4 is 16.3 Å². The molecule has 1 aromatic carbocycles. The van der Waals surface area contributed by atoms with Crippen LogP contribution in [0.15, 0.2) is 35.8 Å². The zero-order chi connectivity index (χ0) is 13.2. The summed E-state index contributed by atoms with van der Waals surface area (Å²) in [5.41, 5.74) is 10.4. The molecule has 0 amide bonds. The van der Waals surface area contributed by atoms with Crippen molar-refractivity contribution in [2.24, 2.45) is 5.73 Å². The van der Waals surface area contributed by atoms with E-state index in [-0.39, 0.29) is 0 Å². The van der Waals surface area contributed by atoms with Gasteiger partial charge in [0.05, 0.1) is 11.4 Å². The second kappa shape index (κ2) is 5.15. The fourth-order valence-corrected chi connectivity index (χ4v) is 3.17. The van der Waals surface area contributed by atoms with Crippen molar-refractivity contribution in [1.29, 1.82) is 0 Å². The average Bonchev–Trinajstić information content (AvgIpc) is 2.99. The third-order valence-corrected chi connectivity index (χ3v) is 4.10. The summed E-state index contributed by atoms with van der Waals surface area (Å²) in [6, 6.07) is 8.80. The van der Waals surface area contributed by atoms with Gasteiger partial charge in [0, 0.05) is 18.1 Å². The van der Waals surface area contributed by atoms with E-state index < -0.39 is 0 Å². The summed E-state index contributed by atoms with van der Waals surface area (Å²) < 4.78 is 2.13. The van der Waals surface area contributed by atoms with Crippen LogP contribution in [0.3, 0.4) is 0 Å². The Labute approximate surface area is 116 Å². The molecule has 0 aliphatic carbocycles. The van der Waals surface area contributed by atoms with Crippen LogP contribution < -0.4 is 5.73 Å². The van der Waals surface area contributed by atoms with Gasteiger partial charge < -0.3 is 5.73 Å². The van der Waals surface area contributed by atoms with Crippen molar-refractivity contribution in [3.8, 4) is 11.3 Å². The van der Waals surface area contributed by atoms with Crippen molar-refractivity contribution < 1.29 is 0 Å². The summed E-state index contributed by atoms with van der Waals surface area (Å²) in [6.07, 6.45) is 4.35. The predicted molar refractivity (Wildman–Crippen MR) is 80.4 cm³/mol. The van der Waals surface area contributed by atoms with E-state index in [1.54, 1.807) is 11.3 Å². The molecule has 0 saturated heterocycles. The molecule has 0 radical (unpaired) electrons. The van der Waals surface area contributed by atoms with E-state index in [1.807, 2.05) is 6.20 Å². The number of thiazole rings is 1. The number of benzene rings is 1. The number of hydrogen-bond donors (Lipinski definition) is 1.